The summed E-state index contributed by atoms with van der Waals surface area (Å²) in [6.45, 7) is 4.51. The van der Waals surface area contributed by atoms with E-state index < -0.39 is 0 Å². The number of fused-ring (bicyclic) bond motifs is 1. The van der Waals surface area contributed by atoms with E-state index in [0.717, 1.165) is 41.9 Å². The van der Waals surface area contributed by atoms with Crippen molar-refractivity contribution < 1.29 is 4.74 Å². The summed E-state index contributed by atoms with van der Waals surface area (Å²) in [5, 5.41) is 8.21. The summed E-state index contributed by atoms with van der Waals surface area (Å²) in [6.07, 6.45) is 5.55. The van der Waals surface area contributed by atoms with Gasteiger partial charge >= 0.3 is 0 Å². The number of ether oxygens (including phenoxy) is 1. The van der Waals surface area contributed by atoms with Crippen LogP contribution in [-0.2, 0) is 0 Å². The van der Waals surface area contributed by atoms with Crippen LogP contribution in [0.3, 0.4) is 0 Å². The fraction of sp³-hybridized carbons (Fsp3) is 0.444. The van der Waals surface area contributed by atoms with Gasteiger partial charge in [0.05, 0.1) is 7.11 Å². The van der Waals surface area contributed by atoms with E-state index in [9.17, 15) is 0 Å². The van der Waals surface area contributed by atoms with Gasteiger partial charge in [0, 0.05) is 23.8 Å². The van der Waals surface area contributed by atoms with E-state index in [2.05, 4.69) is 20.5 Å². The van der Waals surface area contributed by atoms with Gasteiger partial charge < -0.3 is 20.3 Å². The minimum Gasteiger partial charge on any atom is -0.494 e. The molecule has 5 nitrogen and oxygen atoms in total. The Kier molecular flexibility index (Phi) is 5.82. The number of aromatic nitrogens is 1. The fourth-order valence-electron chi connectivity index (χ4n) is 3.10. The van der Waals surface area contributed by atoms with E-state index in [4.69, 9.17) is 17.0 Å². The van der Waals surface area contributed by atoms with Gasteiger partial charge in [-0.3, -0.25) is 4.98 Å². The highest BCUT2D eigenvalue weighted by Gasteiger charge is 2.11. The van der Waals surface area contributed by atoms with Crippen LogP contribution in [0, 0.1) is 0 Å². The quantitative estimate of drug-likeness (QED) is 0.621. The molecule has 128 valence electrons. The van der Waals surface area contributed by atoms with Crippen LogP contribution in [0.2, 0.25) is 0 Å². The third-order valence-electron chi connectivity index (χ3n) is 4.34. The second-order valence-electron chi connectivity index (χ2n) is 6.00. The second-order valence-corrected chi connectivity index (χ2v) is 6.41. The minimum atomic E-state index is 0.645. The normalized spacial score (nSPS) is 14.7. The Morgan fingerprint density at radius 2 is 2.12 bits per heavy atom. The van der Waals surface area contributed by atoms with Gasteiger partial charge in [-0.1, -0.05) is 0 Å². The van der Waals surface area contributed by atoms with Gasteiger partial charge in [0.25, 0.3) is 0 Å². The van der Waals surface area contributed by atoms with Crippen molar-refractivity contribution in [3.63, 3.8) is 0 Å². The fourth-order valence-corrected chi connectivity index (χ4v) is 3.31. The third kappa shape index (κ3) is 4.13. The molecule has 0 unspecified atom stereocenters. The first-order valence-corrected chi connectivity index (χ1v) is 8.87. The molecule has 0 saturated carbocycles. The highest BCUT2D eigenvalue weighted by Crippen LogP contribution is 2.29. The maximum absolute atomic E-state index is 5.42. The van der Waals surface area contributed by atoms with Crippen molar-refractivity contribution in [3.05, 3.63) is 30.5 Å². The number of methoxy groups -OCH3 is 1. The highest BCUT2D eigenvalue weighted by atomic mass is 32.1. The predicted molar refractivity (Wildman–Crippen MR) is 103 cm³/mol. The Hall–Kier alpha value is -1.92. The second kappa shape index (κ2) is 8.26. The van der Waals surface area contributed by atoms with Crippen LogP contribution in [0.1, 0.15) is 19.3 Å². The van der Waals surface area contributed by atoms with Crippen LogP contribution in [0.15, 0.2) is 30.5 Å². The van der Waals surface area contributed by atoms with E-state index in [0.29, 0.717) is 5.11 Å². The first kappa shape index (κ1) is 16.9. The number of benzene rings is 1. The Labute approximate surface area is 148 Å². The van der Waals surface area contributed by atoms with Crippen molar-refractivity contribution in [2.75, 3.05) is 38.6 Å². The van der Waals surface area contributed by atoms with E-state index >= 15 is 0 Å². The first-order chi connectivity index (χ1) is 11.8. The molecule has 1 saturated heterocycles. The summed E-state index contributed by atoms with van der Waals surface area (Å²) in [4.78, 5) is 6.92. The zero-order valence-corrected chi connectivity index (χ0v) is 14.9. The predicted octanol–water partition coefficient (Wildman–Crippen LogP) is 3.02. The molecule has 0 bridgehead atoms. The van der Waals surface area contributed by atoms with Crippen LogP contribution in [0.5, 0.6) is 5.75 Å². The topological polar surface area (TPSA) is 49.4 Å². The van der Waals surface area contributed by atoms with Gasteiger partial charge in [0.1, 0.15) is 11.3 Å². The summed E-state index contributed by atoms with van der Waals surface area (Å²) in [5.74, 6) is 0.764. The molecule has 0 aliphatic carbocycles. The lowest BCUT2D eigenvalue weighted by Gasteiger charge is -2.16. The van der Waals surface area contributed by atoms with Crippen molar-refractivity contribution in [2.45, 2.75) is 19.3 Å². The Morgan fingerprint density at radius 1 is 1.29 bits per heavy atom. The molecule has 1 aromatic carbocycles. The summed E-state index contributed by atoms with van der Waals surface area (Å²) in [5.41, 5.74) is 1.78. The molecular weight excluding hydrogens is 320 g/mol. The maximum atomic E-state index is 5.42. The maximum Gasteiger partial charge on any atom is 0.170 e. The van der Waals surface area contributed by atoms with Gasteiger partial charge in [-0.15, -0.1) is 0 Å². The molecule has 0 amide bonds. The van der Waals surface area contributed by atoms with E-state index in [1.54, 1.807) is 13.3 Å². The van der Waals surface area contributed by atoms with E-state index in [-0.39, 0.29) is 0 Å². The number of anilines is 1. The molecule has 0 spiro atoms. The minimum absolute atomic E-state index is 0.645. The molecule has 1 aliphatic heterocycles. The molecule has 3 rings (SSSR count). The van der Waals surface area contributed by atoms with Crippen molar-refractivity contribution in [1.82, 2.24) is 15.2 Å². The van der Waals surface area contributed by atoms with Crippen LogP contribution >= 0.6 is 12.2 Å². The van der Waals surface area contributed by atoms with Crippen molar-refractivity contribution in [1.29, 1.82) is 0 Å². The number of pyridine rings is 1. The summed E-state index contributed by atoms with van der Waals surface area (Å²) >= 11 is 5.42. The summed E-state index contributed by atoms with van der Waals surface area (Å²) < 4.78 is 5.37. The average Bonchev–Trinajstić information content (AvgIpc) is 3.12. The zero-order chi connectivity index (χ0) is 16.8. The van der Waals surface area contributed by atoms with Gasteiger partial charge in [-0.25, -0.2) is 0 Å². The SMILES string of the molecule is COc1ccc(NC(=S)NCCCN2CCCC2)c2cccnc12. The van der Waals surface area contributed by atoms with E-state index in [1.165, 1.54) is 25.9 Å². The molecule has 2 N–H and O–H groups in total. The first-order valence-electron chi connectivity index (χ1n) is 8.47. The van der Waals surface area contributed by atoms with Crippen LogP contribution in [0.25, 0.3) is 10.9 Å². The lowest BCUT2D eigenvalue weighted by atomic mass is 10.1. The highest BCUT2D eigenvalue weighted by molar-refractivity contribution is 7.80. The standard InChI is InChI=1S/C18H24N4OS/c1-23-16-8-7-15(14-6-4-9-19-17(14)16)21-18(24)20-10-5-13-22-11-2-3-12-22/h4,6-9H,2-3,5,10-13H2,1H3,(H2,20,21,24). The largest absolute Gasteiger partial charge is 0.494 e. The Morgan fingerprint density at radius 3 is 2.92 bits per heavy atom. The zero-order valence-electron chi connectivity index (χ0n) is 14.0. The van der Waals surface area contributed by atoms with Gasteiger partial charge in [0.15, 0.2) is 5.11 Å². The lowest BCUT2D eigenvalue weighted by molar-refractivity contribution is 0.334. The molecule has 0 radical (unpaired) electrons. The average molecular weight is 344 g/mol. The molecular formula is C18H24N4OS. The number of likely N-dealkylation sites (tertiary alicyclic amines) is 1. The van der Waals surface area contributed by atoms with Crippen LogP contribution in [-0.4, -0.2) is 48.3 Å². The van der Waals surface area contributed by atoms with Crippen molar-refractivity contribution >= 4 is 33.9 Å². The monoisotopic (exact) mass is 344 g/mol. The molecule has 24 heavy (non-hydrogen) atoms. The van der Waals surface area contributed by atoms with Gasteiger partial charge in [-0.2, -0.15) is 0 Å². The lowest BCUT2D eigenvalue weighted by Crippen LogP contribution is -2.31. The molecule has 1 aliphatic rings. The molecule has 0 atom stereocenters. The van der Waals surface area contributed by atoms with Crippen LogP contribution in [0.4, 0.5) is 5.69 Å². The molecule has 2 heterocycles. The molecule has 6 heteroatoms. The smallest absolute Gasteiger partial charge is 0.170 e. The molecule has 2 aromatic rings. The molecule has 1 aromatic heterocycles. The van der Waals surface area contributed by atoms with Gasteiger partial charge in [0.2, 0.25) is 0 Å². The molecule has 1 fully saturated rings. The number of hydrogen-bond acceptors (Lipinski definition) is 4. The van der Waals surface area contributed by atoms with Crippen LogP contribution < -0.4 is 15.4 Å². The Balaban J connectivity index is 1.55. The van der Waals surface area contributed by atoms with E-state index in [1.807, 2.05) is 24.3 Å². The van der Waals surface area contributed by atoms with Crippen molar-refractivity contribution in [3.8, 4) is 5.75 Å². The number of nitrogens with one attached hydrogen (secondary N) is 2. The van der Waals surface area contributed by atoms with Gasteiger partial charge in [-0.05, 0) is 75.4 Å². The Bertz CT molecular complexity index is 700. The number of rotatable bonds is 6. The number of hydrogen-bond donors (Lipinski definition) is 2. The third-order valence-corrected chi connectivity index (χ3v) is 4.58. The summed E-state index contributed by atoms with van der Waals surface area (Å²) in [7, 11) is 1.66. The number of nitrogens with zero attached hydrogens (tertiary/aromatic N) is 2. The van der Waals surface area contributed by atoms with Crippen molar-refractivity contribution in [2.24, 2.45) is 0 Å². The number of thiocarbonyl (C=S) groups is 1. The summed E-state index contributed by atoms with van der Waals surface area (Å²) in [6, 6.07) is 7.82.